The molecule has 0 bridgehead atoms. The summed E-state index contributed by atoms with van der Waals surface area (Å²) in [5, 5.41) is 0. The highest BCUT2D eigenvalue weighted by molar-refractivity contribution is 7.99. The van der Waals surface area contributed by atoms with Crippen molar-refractivity contribution in [2.75, 3.05) is 11.5 Å². The molecule has 0 spiro atoms. The number of carbonyl (C=O) groups excluding carboxylic acids is 1. The zero-order valence-corrected chi connectivity index (χ0v) is 7.17. The van der Waals surface area contributed by atoms with Crippen molar-refractivity contribution in [3.05, 3.63) is 0 Å². The second-order valence-electron chi connectivity index (χ2n) is 2.85. The van der Waals surface area contributed by atoms with Crippen LogP contribution in [-0.2, 0) is 4.79 Å². The molecule has 0 aromatic rings. The van der Waals surface area contributed by atoms with Crippen LogP contribution in [0.1, 0.15) is 12.8 Å². The van der Waals surface area contributed by atoms with E-state index in [1.807, 2.05) is 0 Å². The molecule has 1 saturated heterocycles. The third-order valence-corrected chi connectivity index (χ3v) is 3.05. The van der Waals surface area contributed by atoms with E-state index in [-0.39, 0.29) is 12.3 Å². The summed E-state index contributed by atoms with van der Waals surface area (Å²) in [6.45, 7) is 0. The Morgan fingerprint density at radius 3 is 2.58 bits per heavy atom. The number of hydrogen-bond acceptors (Lipinski definition) is 2. The summed E-state index contributed by atoms with van der Waals surface area (Å²) in [7, 11) is 0. The Kier molecular flexibility index (Phi) is 3.04. The van der Waals surface area contributed by atoms with Crippen LogP contribution in [0.5, 0.6) is 0 Å². The van der Waals surface area contributed by atoms with Crippen molar-refractivity contribution >= 4 is 17.5 Å². The minimum atomic E-state index is -4.63. The maximum absolute atomic E-state index is 11.7. The number of carbonyl (C=O) groups is 1. The zero-order chi connectivity index (χ0) is 9.19. The SMILES string of the molecule is O=C(CC1CCSC1)C(F)(F)F. The molecule has 1 nitrogen and oxygen atoms in total. The summed E-state index contributed by atoms with van der Waals surface area (Å²) >= 11 is 1.62. The number of thioether (sulfide) groups is 1. The van der Waals surface area contributed by atoms with Gasteiger partial charge in [0.25, 0.3) is 0 Å². The largest absolute Gasteiger partial charge is 0.449 e. The van der Waals surface area contributed by atoms with Gasteiger partial charge in [-0.3, -0.25) is 4.79 Å². The maximum Gasteiger partial charge on any atom is 0.449 e. The molecule has 0 N–H and O–H groups in total. The Morgan fingerprint density at radius 1 is 1.50 bits per heavy atom. The van der Waals surface area contributed by atoms with Gasteiger partial charge < -0.3 is 0 Å². The van der Waals surface area contributed by atoms with E-state index in [9.17, 15) is 18.0 Å². The molecule has 70 valence electrons. The molecule has 0 aromatic heterocycles. The molecule has 0 saturated carbocycles. The van der Waals surface area contributed by atoms with Gasteiger partial charge in [0, 0.05) is 6.42 Å². The molecule has 1 aliphatic rings. The molecule has 1 atom stereocenters. The third kappa shape index (κ3) is 2.69. The molecular weight excluding hydrogens is 189 g/mol. The van der Waals surface area contributed by atoms with Gasteiger partial charge in [-0.05, 0) is 23.8 Å². The van der Waals surface area contributed by atoms with Crippen LogP contribution < -0.4 is 0 Å². The second-order valence-corrected chi connectivity index (χ2v) is 4.00. The minimum Gasteiger partial charge on any atom is -0.290 e. The number of halogens is 3. The molecule has 0 radical (unpaired) electrons. The first-order chi connectivity index (χ1) is 5.50. The Bertz CT molecular complexity index is 172. The summed E-state index contributed by atoms with van der Waals surface area (Å²) in [5.74, 6) is -0.0448. The number of rotatable bonds is 2. The van der Waals surface area contributed by atoms with Crippen molar-refractivity contribution in [1.29, 1.82) is 0 Å². The topological polar surface area (TPSA) is 17.1 Å². The van der Waals surface area contributed by atoms with Crippen LogP contribution in [0.15, 0.2) is 0 Å². The van der Waals surface area contributed by atoms with Crippen molar-refractivity contribution in [1.82, 2.24) is 0 Å². The lowest BCUT2D eigenvalue weighted by atomic mass is 10.0. The summed E-state index contributed by atoms with van der Waals surface area (Å²) in [4.78, 5) is 10.5. The Labute approximate surface area is 72.7 Å². The van der Waals surface area contributed by atoms with Crippen LogP contribution in [0.25, 0.3) is 0 Å². The lowest BCUT2D eigenvalue weighted by Crippen LogP contribution is -2.25. The number of Topliss-reactive ketones (excluding diaryl/α,β-unsaturated/α-hetero) is 1. The van der Waals surface area contributed by atoms with Gasteiger partial charge in [-0.2, -0.15) is 24.9 Å². The van der Waals surface area contributed by atoms with Gasteiger partial charge >= 0.3 is 6.18 Å². The normalized spacial score (nSPS) is 24.4. The summed E-state index contributed by atoms with van der Waals surface area (Å²) in [6.07, 6.45) is -4.21. The molecular formula is C7H9F3OS. The van der Waals surface area contributed by atoms with Gasteiger partial charge in [0.05, 0.1) is 0 Å². The molecule has 5 heteroatoms. The Hall–Kier alpha value is -0.190. The van der Waals surface area contributed by atoms with Gasteiger partial charge in [0.2, 0.25) is 5.78 Å². The molecule has 0 aromatic carbocycles. The lowest BCUT2D eigenvalue weighted by Gasteiger charge is -2.08. The highest BCUT2D eigenvalue weighted by Crippen LogP contribution is 2.29. The first-order valence-corrected chi connectivity index (χ1v) is 4.83. The zero-order valence-electron chi connectivity index (χ0n) is 6.36. The van der Waals surface area contributed by atoms with Crippen LogP contribution >= 0.6 is 11.8 Å². The molecule has 1 unspecified atom stereocenters. The van der Waals surface area contributed by atoms with E-state index < -0.39 is 12.0 Å². The molecule has 1 fully saturated rings. The van der Waals surface area contributed by atoms with E-state index in [0.29, 0.717) is 5.75 Å². The van der Waals surface area contributed by atoms with Gasteiger partial charge in [-0.1, -0.05) is 0 Å². The van der Waals surface area contributed by atoms with Crippen molar-refractivity contribution in [3.63, 3.8) is 0 Å². The van der Waals surface area contributed by atoms with Crippen molar-refractivity contribution in [2.45, 2.75) is 19.0 Å². The van der Waals surface area contributed by atoms with Crippen molar-refractivity contribution in [3.8, 4) is 0 Å². The lowest BCUT2D eigenvalue weighted by molar-refractivity contribution is -0.171. The molecule has 0 amide bonds. The standard InChI is InChI=1S/C7H9F3OS/c8-7(9,10)6(11)3-5-1-2-12-4-5/h5H,1-4H2. The van der Waals surface area contributed by atoms with Crippen LogP contribution in [0.4, 0.5) is 13.2 Å². The molecule has 0 aliphatic carbocycles. The maximum atomic E-state index is 11.7. The van der Waals surface area contributed by atoms with Crippen molar-refractivity contribution < 1.29 is 18.0 Å². The Balaban J connectivity index is 2.35. The minimum absolute atomic E-state index is 0.0517. The van der Waals surface area contributed by atoms with Gasteiger partial charge in [0.15, 0.2) is 0 Å². The van der Waals surface area contributed by atoms with Crippen LogP contribution in [-0.4, -0.2) is 23.5 Å². The van der Waals surface area contributed by atoms with Gasteiger partial charge in [-0.25, -0.2) is 0 Å². The molecule has 1 aliphatic heterocycles. The van der Waals surface area contributed by atoms with E-state index in [0.717, 1.165) is 12.2 Å². The van der Waals surface area contributed by atoms with Crippen LogP contribution in [0, 0.1) is 5.92 Å². The summed E-state index contributed by atoms with van der Waals surface area (Å²) < 4.78 is 35.2. The molecule has 1 rings (SSSR count). The smallest absolute Gasteiger partial charge is 0.290 e. The summed E-state index contributed by atoms with van der Waals surface area (Å²) in [6, 6.07) is 0. The number of hydrogen-bond donors (Lipinski definition) is 0. The van der Waals surface area contributed by atoms with E-state index in [4.69, 9.17) is 0 Å². The predicted octanol–water partition coefficient (Wildman–Crippen LogP) is 2.26. The fraction of sp³-hybridized carbons (Fsp3) is 0.857. The second kappa shape index (κ2) is 3.68. The van der Waals surface area contributed by atoms with Crippen molar-refractivity contribution in [2.24, 2.45) is 5.92 Å². The number of alkyl halides is 3. The fourth-order valence-corrected chi connectivity index (χ4v) is 2.41. The third-order valence-electron chi connectivity index (χ3n) is 1.81. The van der Waals surface area contributed by atoms with Crippen LogP contribution in [0.2, 0.25) is 0 Å². The number of ketones is 1. The van der Waals surface area contributed by atoms with Gasteiger partial charge in [-0.15, -0.1) is 0 Å². The van der Waals surface area contributed by atoms with Gasteiger partial charge in [0.1, 0.15) is 0 Å². The van der Waals surface area contributed by atoms with E-state index in [1.165, 1.54) is 0 Å². The highest BCUT2D eigenvalue weighted by atomic mass is 32.2. The summed E-state index contributed by atoms with van der Waals surface area (Å²) in [5.41, 5.74) is 0. The van der Waals surface area contributed by atoms with E-state index in [1.54, 1.807) is 11.8 Å². The highest BCUT2D eigenvalue weighted by Gasteiger charge is 2.39. The molecule has 12 heavy (non-hydrogen) atoms. The van der Waals surface area contributed by atoms with Crippen LogP contribution in [0.3, 0.4) is 0 Å². The quantitative estimate of drug-likeness (QED) is 0.677. The average Bonchev–Trinajstić information content (AvgIpc) is 2.37. The first kappa shape index (κ1) is 9.89. The Morgan fingerprint density at radius 2 is 2.17 bits per heavy atom. The predicted molar refractivity (Wildman–Crippen MR) is 41.1 cm³/mol. The first-order valence-electron chi connectivity index (χ1n) is 3.68. The fourth-order valence-electron chi connectivity index (χ4n) is 1.12. The monoisotopic (exact) mass is 198 g/mol. The van der Waals surface area contributed by atoms with E-state index in [2.05, 4.69) is 0 Å². The average molecular weight is 198 g/mol. The molecule has 1 heterocycles. The van der Waals surface area contributed by atoms with E-state index >= 15 is 0 Å².